The highest BCUT2D eigenvalue weighted by atomic mass is 19.1. The molecule has 0 fully saturated rings. The molecule has 2 aromatic rings. The first kappa shape index (κ1) is 18.7. The Morgan fingerprint density at radius 3 is 2.44 bits per heavy atom. The number of aliphatic hydroxyl groups is 1. The highest BCUT2D eigenvalue weighted by Gasteiger charge is 2.11. The van der Waals surface area contributed by atoms with E-state index in [9.17, 15) is 14.3 Å². The maximum atomic E-state index is 13.1. The van der Waals surface area contributed by atoms with E-state index in [-0.39, 0.29) is 18.9 Å². The number of amides is 1. The molecule has 134 valence electrons. The van der Waals surface area contributed by atoms with Gasteiger partial charge in [0, 0.05) is 19.0 Å². The van der Waals surface area contributed by atoms with E-state index in [0.717, 1.165) is 5.56 Å². The van der Waals surface area contributed by atoms with Gasteiger partial charge in [-0.05, 0) is 41.8 Å². The molecule has 5 nitrogen and oxygen atoms in total. The molecular formula is C19H22FNO4. The quantitative estimate of drug-likeness (QED) is 0.770. The summed E-state index contributed by atoms with van der Waals surface area (Å²) in [6.07, 6.45) is -0.182. The summed E-state index contributed by atoms with van der Waals surface area (Å²) < 4.78 is 23.5. The number of hydrogen-bond donors (Lipinski definition) is 2. The molecule has 0 radical (unpaired) electrons. The van der Waals surface area contributed by atoms with Crippen LogP contribution in [0, 0.1) is 5.82 Å². The van der Waals surface area contributed by atoms with Gasteiger partial charge in [0.2, 0.25) is 5.91 Å². The Kier molecular flexibility index (Phi) is 6.77. The van der Waals surface area contributed by atoms with Crippen LogP contribution in [0.15, 0.2) is 42.5 Å². The van der Waals surface area contributed by atoms with E-state index in [1.54, 1.807) is 26.4 Å². The maximum Gasteiger partial charge on any atom is 0.220 e. The van der Waals surface area contributed by atoms with Crippen molar-refractivity contribution in [3.05, 3.63) is 59.4 Å². The van der Waals surface area contributed by atoms with E-state index in [2.05, 4.69) is 5.32 Å². The smallest absolute Gasteiger partial charge is 0.220 e. The Bertz CT molecular complexity index is 698. The first-order valence-electron chi connectivity index (χ1n) is 7.94. The Morgan fingerprint density at radius 2 is 1.84 bits per heavy atom. The molecule has 0 saturated heterocycles. The molecule has 0 spiro atoms. The lowest BCUT2D eigenvalue weighted by Gasteiger charge is -2.13. The second-order valence-corrected chi connectivity index (χ2v) is 5.60. The fourth-order valence-corrected chi connectivity index (χ4v) is 2.40. The topological polar surface area (TPSA) is 67.8 Å². The molecule has 0 aromatic heterocycles. The van der Waals surface area contributed by atoms with E-state index in [1.165, 1.54) is 18.2 Å². The van der Waals surface area contributed by atoms with Crippen molar-refractivity contribution >= 4 is 5.91 Å². The van der Waals surface area contributed by atoms with Crippen molar-refractivity contribution < 1.29 is 23.8 Å². The summed E-state index contributed by atoms with van der Waals surface area (Å²) in [6.45, 7) is 0.0315. The molecule has 2 aromatic carbocycles. The third-order valence-corrected chi connectivity index (χ3v) is 3.78. The Balaban J connectivity index is 1.84. The Labute approximate surface area is 146 Å². The molecule has 0 aliphatic heterocycles. The van der Waals surface area contributed by atoms with Crippen LogP contribution in [0.5, 0.6) is 11.5 Å². The van der Waals surface area contributed by atoms with Gasteiger partial charge in [-0.25, -0.2) is 4.39 Å². The zero-order valence-corrected chi connectivity index (χ0v) is 14.3. The highest BCUT2D eigenvalue weighted by molar-refractivity contribution is 5.76. The number of ether oxygens (including phenoxy) is 2. The van der Waals surface area contributed by atoms with E-state index in [4.69, 9.17) is 9.47 Å². The molecular weight excluding hydrogens is 325 g/mol. The van der Waals surface area contributed by atoms with Gasteiger partial charge in [0.1, 0.15) is 17.3 Å². The van der Waals surface area contributed by atoms with E-state index in [1.807, 2.05) is 12.1 Å². The minimum atomic E-state index is -0.948. The molecule has 25 heavy (non-hydrogen) atoms. The summed E-state index contributed by atoms with van der Waals surface area (Å²) in [7, 11) is 3.14. The SMILES string of the molecule is COc1cc(CCC(=O)NC[C@@H](O)c2cccc(F)c2)cc(OC)c1. The van der Waals surface area contributed by atoms with Crippen LogP contribution in [-0.2, 0) is 11.2 Å². The van der Waals surface area contributed by atoms with Gasteiger partial charge in [0.25, 0.3) is 0 Å². The monoisotopic (exact) mass is 347 g/mol. The minimum absolute atomic E-state index is 0.0315. The van der Waals surface area contributed by atoms with Crippen molar-refractivity contribution in [3.8, 4) is 11.5 Å². The van der Waals surface area contributed by atoms with Crippen molar-refractivity contribution in [1.29, 1.82) is 0 Å². The Hall–Kier alpha value is -2.60. The van der Waals surface area contributed by atoms with Crippen molar-refractivity contribution in [3.63, 3.8) is 0 Å². The zero-order valence-electron chi connectivity index (χ0n) is 14.3. The van der Waals surface area contributed by atoms with Gasteiger partial charge < -0.3 is 19.9 Å². The number of methoxy groups -OCH3 is 2. The predicted molar refractivity (Wildman–Crippen MR) is 92.2 cm³/mol. The second-order valence-electron chi connectivity index (χ2n) is 5.60. The molecule has 1 atom stereocenters. The van der Waals surface area contributed by atoms with E-state index >= 15 is 0 Å². The number of rotatable bonds is 8. The third kappa shape index (κ3) is 5.76. The average molecular weight is 347 g/mol. The molecule has 0 bridgehead atoms. The summed E-state index contributed by atoms with van der Waals surface area (Å²) in [5.74, 6) is 0.708. The third-order valence-electron chi connectivity index (χ3n) is 3.78. The van der Waals surface area contributed by atoms with Crippen molar-refractivity contribution in [2.75, 3.05) is 20.8 Å². The summed E-state index contributed by atoms with van der Waals surface area (Å²) in [5.41, 5.74) is 1.34. The van der Waals surface area contributed by atoms with Crippen molar-refractivity contribution in [2.24, 2.45) is 0 Å². The summed E-state index contributed by atoms with van der Waals surface area (Å²) >= 11 is 0. The molecule has 2 N–H and O–H groups in total. The van der Waals surface area contributed by atoms with Gasteiger partial charge in [0.15, 0.2) is 0 Å². The van der Waals surface area contributed by atoms with Crippen LogP contribution in [0.4, 0.5) is 4.39 Å². The van der Waals surface area contributed by atoms with E-state index in [0.29, 0.717) is 23.5 Å². The number of halogens is 1. The van der Waals surface area contributed by atoms with Crippen molar-refractivity contribution in [1.82, 2.24) is 5.32 Å². The van der Waals surface area contributed by atoms with Crippen LogP contribution >= 0.6 is 0 Å². The lowest BCUT2D eigenvalue weighted by Crippen LogP contribution is -2.28. The lowest BCUT2D eigenvalue weighted by molar-refractivity contribution is -0.121. The lowest BCUT2D eigenvalue weighted by atomic mass is 10.1. The standard InChI is InChI=1S/C19H22FNO4/c1-24-16-8-13(9-17(11-16)25-2)6-7-19(23)21-12-18(22)14-4-3-5-15(20)10-14/h3-5,8-11,18,22H,6-7,12H2,1-2H3,(H,21,23)/t18-/m1/s1. The molecule has 1 amide bonds. The Morgan fingerprint density at radius 1 is 1.16 bits per heavy atom. The van der Waals surface area contributed by atoms with Crippen LogP contribution in [0.3, 0.4) is 0 Å². The van der Waals surface area contributed by atoms with Gasteiger partial charge in [-0.3, -0.25) is 4.79 Å². The molecule has 0 aliphatic carbocycles. The molecule has 0 aliphatic rings. The largest absolute Gasteiger partial charge is 0.497 e. The van der Waals surface area contributed by atoms with Gasteiger partial charge >= 0.3 is 0 Å². The summed E-state index contributed by atoms with van der Waals surface area (Å²) in [4.78, 5) is 12.0. The number of nitrogens with one attached hydrogen (secondary N) is 1. The first-order valence-corrected chi connectivity index (χ1v) is 7.94. The maximum absolute atomic E-state index is 13.1. The number of aryl methyl sites for hydroxylation is 1. The second kappa shape index (κ2) is 9.03. The van der Waals surface area contributed by atoms with Crippen LogP contribution in [0.1, 0.15) is 23.7 Å². The van der Waals surface area contributed by atoms with Crippen LogP contribution < -0.4 is 14.8 Å². The predicted octanol–water partition coefficient (Wildman–Crippen LogP) is 2.63. The number of hydrogen-bond acceptors (Lipinski definition) is 4. The minimum Gasteiger partial charge on any atom is -0.497 e. The molecule has 0 unspecified atom stereocenters. The van der Waals surface area contributed by atoms with E-state index < -0.39 is 11.9 Å². The molecule has 0 saturated carbocycles. The normalized spacial score (nSPS) is 11.7. The number of carbonyl (C=O) groups excluding carboxylic acids is 1. The summed E-state index contributed by atoms with van der Waals surface area (Å²) in [6, 6.07) is 11.1. The van der Waals surface area contributed by atoms with Crippen LogP contribution in [0.25, 0.3) is 0 Å². The fraction of sp³-hybridized carbons (Fsp3) is 0.316. The number of benzene rings is 2. The molecule has 0 heterocycles. The fourth-order valence-electron chi connectivity index (χ4n) is 2.40. The number of carbonyl (C=O) groups is 1. The van der Waals surface area contributed by atoms with Gasteiger partial charge in [-0.1, -0.05) is 12.1 Å². The highest BCUT2D eigenvalue weighted by Crippen LogP contribution is 2.23. The number of aliphatic hydroxyl groups excluding tert-OH is 1. The van der Waals surface area contributed by atoms with Crippen molar-refractivity contribution in [2.45, 2.75) is 18.9 Å². The van der Waals surface area contributed by atoms with Gasteiger partial charge in [-0.15, -0.1) is 0 Å². The van der Waals surface area contributed by atoms with Crippen LogP contribution in [-0.4, -0.2) is 31.8 Å². The first-order chi connectivity index (χ1) is 12.0. The average Bonchev–Trinajstić information content (AvgIpc) is 2.63. The summed E-state index contributed by atoms with van der Waals surface area (Å²) in [5, 5.41) is 12.7. The van der Waals surface area contributed by atoms with Gasteiger partial charge in [-0.2, -0.15) is 0 Å². The van der Waals surface area contributed by atoms with Gasteiger partial charge in [0.05, 0.1) is 20.3 Å². The zero-order chi connectivity index (χ0) is 18.2. The molecule has 2 rings (SSSR count). The molecule has 6 heteroatoms. The van der Waals surface area contributed by atoms with Crippen LogP contribution in [0.2, 0.25) is 0 Å².